The third kappa shape index (κ3) is 34.5. The maximum absolute atomic E-state index is 13.0. The Morgan fingerprint density at radius 2 is 1.03 bits per heavy atom. The van der Waals surface area contributed by atoms with Crippen molar-refractivity contribution in [3.8, 4) is 17.2 Å². The second kappa shape index (κ2) is 28.6. The molecule has 1 aromatic carbocycles. The molecule has 0 saturated heterocycles. The third-order valence-corrected chi connectivity index (χ3v) is 13.4. The molecule has 0 saturated carbocycles. The first kappa shape index (κ1) is 60.0. The van der Waals surface area contributed by atoms with Gasteiger partial charge in [0.05, 0.1) is 32.2 Å². The second-order valence-corrected chi connectivity index (χ2v) is 20.6. The minimum Gasteiger partial charge on any atom is -0.490 e. The summed E-state index contributed by atoms with van der Waals surface area (Å²) >= 11 is 0. The van der Waals surface area contributed by atoms with E-state index < -0.39 is 88.7 Å². The van der Waals surface area contributed by atoms with E-state index in [4.69, 9.17) is 58.7 Å². The summed E-state index contributed by atoms with van der Waals surface area (Å²) in [4.78, 5) is 67.4. The number of amides is 1. The van der Waals surface area contributed by atoms with Gasteiger partial charge >= 0.3 is 60.3 Å². The fourth-order valence-electron chi connectivity index (χ4n) is 3.56. The van der Waals surface area contributed by atoms with Crippen LogP contribution in [-0.4, -0.2) is 112 Å². The highest BCUT2D eigenvalue weighted by Crippen LogP contribution is 2.73. The molecule has 1 aromatic rings. The molecule has 0 radical (unpaired) electrons. The van der Waals surface area contributed by atoms with Crippen molar-refractivity contribution in [2.45, 2.75) is 58.8 Å². The largest absolute Gasteiger partial charge is 0.490 e. The predicted octanol–water partition coefficient (Wildman–Crippen LogP) is 1.78. The quantitative estimate of drug-likeness (QED) is 0.0337. The molecule has 60 heavy (non-hydrogen) atoms. The van der Waals surface area contributed by atoms with Crippen LogP contribution in [0.15, 0.2) is 12.1 Å². The lowest BCUT2D eigenvalue weighted by molar-refractivity contribution is 0.0950. The van der Waals surface area contributed by atoms with Crippen LogP contribution in [0.4, 0.5) is 0 Å². The van der Waals surface area contributed by atoms with Crippen molar-refractivity contribution in [3.05, 3.63) is 17.7 Å². The first-order valence-electron chi connectivity index (χ1n) is 16.0. The Hall–Kier alpha value is -2.05. The zero-order chi connectivity index (χ0) is 47.0. The fraction of sp³-hybridized carbons (Fsp3) is 0.682. The smallest absolute Gasteiger partial charge is 0.490 e. The number of carbonyl (C=O) groups excluding carboxylic acids is 1. The number of phosphoric acid groups is 5. The molecule has 0 fully saturated rings. The van der Waals surface area contributed by atoms with Crippen molar-refractivity contribution < 1.29 is 131 Å². The fourth-order valence-corrected chi connectivity index (χ4v) is 9.96. The van der Waals surface area contributed by atoms with E-state index in [0.29, 0.717) is 45.3 Å². The van der Waals surface area contributed by atoms with Crippen LogP contribution in [0.5, 0.6) is 17.2 Å². The number of carbonyl (C=O) groups is 1. The zero-order valence-electron chi connectivity index (χ0n) is 30.9. The lowest BCUT2D eigenvalue weighted by Crippen LogP contribution is -2.24. The Kier molecular flexibility index (Phi) is 28.6. The van der Waals surface area contributed by atoms with Crippen molar-refractivity contribution in [2.24, 2.45) is 0 Å². The second-order valence-electron chi connectivity index (χ2n) is 10.6. The van der Waals surface area contributed by atoms with Gasteiger partial charge in [0, 0.05) is 12.1 Å². The summed E-state index contributed by atoms with van der Waals surface area (Å²) in [5.74, 6) is -0.482. The van der Waals surface area contributed by atoms with Gasteiger partial charge in [0.15, 0.2) is 11.5 Å². The lowest BCUT2D eigenvalue weighted by Gasteiger charge is -2.19. The highest BCUT2D eigenvalue weighted by Gasteiger charge is 2.47. The van der Waals surface area contributed by atoms with Crippen LogP contribution >= 0.6 is 39.1 Å². The molecule has 0 aromatic heterocycles. The summed E-state index contributed by atoms with van der Waals surface area (Å²) in [5.41, 5.74) is 0.140. The van der Waals surface area contributed by atoms with Crippen molar-refractivity contribution in [1.29, 1.82) is 0 Å². The van der Waals surface area contributed by atoms with Crippen LogP contribution in [0.25, 0.3) is 0 Å². The highest BCUT2D eigenvalue weighted by molar-refractivity contribution is 7.85. The standard InChI is InChI=1S/C22H42NO23P5S.2O3S/c1-3-11-39-19-16-18(17-20(21(19)41-12-4-2)40-13-9-15-52(36,37)38)22(24)23-10-7-5-6-8-14-42-48(28,29)44-50(32,33)46-51(34,35)45-49(30,31)43-47(25,26)27;2*1-4(2)3/h16-17H,3-15H2,1-2H3,(H,23,24)(H,28,29)(H,30,31)(H,32,33)(H,34,35)(H2,25,26,27)(H,36,37,38);;. The Balaban J connectivity index is 0. The van der Waals surface area contributed by atoms with Gasteiger partial charge in [0.1, 0.15) is 0 Å². The minimum atomic E-state index is -6.19. The summed E-state index contributed by atoms with van der Waals surface area (Å²) < 4.78 is 175. The summed E-state index contributed by atoms with van der Waals surface area (Å²) in [7, 11) is -40.0. The number of ether oxygens (including phenoxy) is 3. The van der Waals surface area contributed by atoms with Gasteiger partial charge < -0.3 is 48.9 Å². The maximum Gasteiger partial charge on any atom is 0.490 e. The molecule has 8 N–H and O–H groups in total. The van der Waals surface area contributed by atoms with Crippen molar-refractivity contribution in [2.75, 3.05) is 38.7 Å². The van der Waals surface area contributed by atoms with E-state index in [1.54, 1.807) is 0 Å². The first-order chi connectivity index (χ1) is 27.3. The molecule has 30 nitrogen and oxygen atoms in total. The SMILES string of the molecule is CCCOc1cc(C(=O)NCCCCCCOP(=O)(O)OP(=O)(O)OP(=O)(O)OP(=O)(O)OP(=O)(O)O)cc(OCCCS(=O)(=O)O)c1OCCC.O=S(=O)=O.O=S(=O)=O. The van der Waals surface area contributed by atoms with Crippen LogP contribution in [0, 0.1) is 0 Å². The van der Waals surface area contributed by atoms with Crippen LogP contribution in [0.1, 0.15) is 69.2 Å². The average Bonchev–Trinajstić information content (AvgIpc) is 3.02. The van der Waals surface area contributed by atoms with Crippen LogP contribution < -0.4 is 19.5 Å². The highest BCUT2D eigenvalue weighted by atomic mass is 32.2. The number of hydrogen-bond acceptors (Lipinski definition) is 22. The number of benzene rings is 1. The molecule has 0 bridgehead atoms. The van der Waals surface area contributed by atoms with Crippen molar-refractivity contribution in [3.63, 3.8) is 0 Å². The van der Waals surface area contributed by atoms with Gasteiger partial charge in [-0.05, 0) is 44.2 Å². The number of nitrogens with one attached hydrogen (secondary N) is 1. The van der Waals surface area contributed by atoms with Crippen LogP contribution in [0.3, 0.4) is 0 Å². The molecule has 0 heterocycles. The number of unbranched alkanes of at least 4 members (excludes halogenated alkanes) is 3. The Morgan fingerprint density at radius 1 is 0.617 bits per heavy atom. The van der Waals surface area contributed by atoms with Crippen LogP contribution in [-0.2, 0) is 75.9 Å². The third-order valence-electron chi connectivity index (χ3n) is 5.44. The lowest BCUT2D eigenvalue weighted by atomic mass is 10.1. The topological polar surface area (TPSA) is 466 Å². The molecule has 0 aliphatic rings. The van der Waals surface area contributed by atoms with E-state index in [2.05, 4.69) is 27.1 Å². The van der Waals surface area contributed by atoms with Gasteiger partial charge in [0.25, 0.3) is 16.0 Å². The summed E-state index contributed by atoms with van der Waals surface area (Å²) in [6.45, 7) is 3.81. The van der Waals surface area contributed by atoms with Gasteiger partial charge in [-0.25, -0.2) is 22.8 Å². The van der Waals surface area contributed by atoms with Gasteiger partial charge in [-0.3, -0.25) is 13.9 Å². The van der Waals surface area contributed by atoms with Gasteiger partial charge in [-0.2, -0.15) is 25.7 Å². The molecule has 0 spiro atoms. The molecule has 0 aliphatic carbocycles. The molecular formula is C22H42NO29P5S3. The Morgan fingerprint density at radius 3 is 1.48 bits per heavy atom. The summed E-state index contributed by atoms with van der Waals surface area (Å²) in [6, 6.07) is 2.86. The van der Waals surface area contributed by atoms with Crippen molar-refractivity contribution >= 4 is 76.4 Å². The van der Waals surface area contributed by atoms with Crippen molar-refractivity contribution in [1.82, 2.24) is 5.32 Å². The molecule has 0 aliphatic heterocycles. The Bertz CT molecular complexity index is 2070. The van der Waals surface area contributed by atoms with Gasteiger partial charge in [-0.1, -0.05) is 26.7 Å². The zero-order valence-corrected chi connectivity index (χ0v) is 37.8. The molecule has 1 amide bonds. The first-order valence-corrected chi connectivity index (χ1v) is 27.1. The molecule has 38 heteroatoms. The maximum atomic E-state index is 13.0. The van der Waals surface area contributed by atoms with E-state index in [9.17, 15) is 50.7 Å². The number of hydrogen-bond donors (Lipinski definition) is 8. The van der Waals surface area contributed by atoms with Crippen LogP contribution in [0.2, 0.25) is 0 Å². The minimum absolute atomic E-state index is 0.0427. The Labute approximate surface area is 344 Å². The molecule has 4 unspecified atom stereocenters. The van der Waals surface area contributed by atoms with E-state index in [1.165, 1.54) is 12.1 Å². The molecule has 1 rings (SSSR count). The number of rotatable bonds is 28. The van der Waals surface area contributed by atoms with E-state index >= 15 is 0 Å². The molecular weight excluding hydrogens is 993 g/mol. The normalized spacial score (nSPS) is 15.4. The predicted molar refractivity (Wildman–Crippen MR) is 196 cm³/mol. The van der Waals surface area contributed by atoms with E-state index in [0.717, 1.165) is 0 Å². The monoisotopic (exact) mass is 1030 g/mol. The summed E-state index contributed by atoms with van der Waals surface area (Å²) in [5, 5.41) is 2.70. The number of phosphoric ester groups is 1. The van der Waals surface area contributed by atoms with E-state index in [1.807, 2.05) is 13.8 Å². The van der Waals surface area contributed by atoms with Gasteiger partial charge in [-0.15, -0.1) is 25.3 Å². The molecule has 4 atom stereocenters. The summed E-state index contributed by atoms with van der Waals surface area (Å²) in [6.07, 6.45) is 2.46. The van der Waals surface area contributed by atoms with Gasteiger partial charge in [0.2, 0.25) is 5.75 Å². The molecule has 352 valence electrons. The average molecular weight is 1040 g/mol. The van der Waals surface area contributed by atoms with E-state index in [-0.39, 0.29) is 48.8 Å².